The van der Waals surface area contributed by atoms with Crippen molar-refractivity contribution in [1.29, 1.82) is 0 Å². The molecule has 1 aliphatic heterocycles. The number of urea groups is 1. The topological polar surface area (TPSA) is 79.5 Å². The van der Waals surface area contributed by atoms with E-state index in [9.17, 15) is 9.59 Å². The van der Waals surface area contributed by atoms with E-state index in [1.54, 1.807) is 0 Å². The Hall–Kier alpha value is -2.24. The van der Waals surface area contributed by atoms with Gasteiger partial charge in [0.1, 0.15) is 5.75 Å². The fourth-order valence-electron chi connectivity index (χ4n) is 2.62. The number of para-hydroxylation sites is 1. The van der Waals surface area contributed by atoms with E-state index < -0.39 is 0 Å². The Morgan fingerprint density at radius 2 is 2.12 bits per heavy atom. The molecule has 0 unspecified atom stereocenters. The number of benzene rings is 1. The van der Waals surface area contributed by atoms with Gasteiger partial charge in [0.25, 0.3) is 0 Å². The first-order valence-corrected chi connectivity index (χ1v) is 8.65. The molecule has 3 amide bonds. The van der Waals surface area contributed by atoms with Gasteiger partial charge in [-0.05, 0) is 32.3 Å². The minimum atomic E-state index is -0.256. The summed E-state index contributed by atoms with van der Waals surface area (Å²) in [6.07, 6.45) is 2.89. The summed E-state index contributed by atoms with van der Waals surface area (Å²) in [5, 5.41) is 8.61. The van der Waals surface area contributed by atoms with Gasteiger partial charge in [-0.1, -0.05) is 25.1 Å². The van der Waals surface area contributed by atoms with Crippen LogP contribution in [0.5, 0.6) is 5.75 Å². The Balaban J connectivity index is 1.79. The van der Waals surface area contributed by atoms with Crippen molar-refractivity contribution in [3.8, 4) is 5.75 Å². The number of rotatable bonds is 6. The number of amides is 3. The normalized spacial score (nSPS) is 17.7. The predicted octanol–water partition coefficient (Wildman–Crippen LogP) is 2.50. The van der Waals surface area contributed by atoms with Crippen molar-refractivity contribution in [2.75, 3.05) is 13.2 Å². The number of fused-ring (bicyclic) bond motifs is 1. The molecule has 6 nitrogen and oxygen atoms in total. The van der Waals surface area contributed by atoms with E-state index in [0.29, 0.717) is 13.2 Å². The second-order valence-electron chi connectivity index (χ2n) is 6.11. The van der Waals surface area contributed by atoms with Gasteiger partial charge in [-0.25, -0.2) is 4.79 Å². The first kappa shape index (κ1) is 18.1. The number of hydrogen-bond acceptors (Lipinski definition) is 3. The zero-order valence-corrected chi connectivity index (χ0v) is 14.4. The average Bonchev–Trinajstić information content (AvgIpc) is 2.77. The van der Waals surface area contributed by atoms with Gasteiger partial charge in [-0.3, -0.25) is 4.79 Å². The summed E-state index contributed by atoms with van der Waals surface area (Å²) in [7, 11) is 0. The number of ether oxygens (including phenoxy) is 1. The largest absolute Gasteiger partial charge is 0.493 e. The van der Waals surface area contributed by atoms with Crippen molar-refractivity contribution in [2.24, 2.45) is 0 Å². The maximum atomic E-state index is 12.1. The fraction of sp³-hybridized carbons (Fsp3) is 0.556. The molecule has 0 fully saturated rings. The van der Waals surface area contributed by atoms with Gasteiger partial charge in [0.2, 0.25) is 5.91 Å². The van der Waals surface area contributed by atoms with Crippen LogP contribution in [0.4, 0.5) is 4.79 Å². The molecule has 1 aromatic rings. The summed E-state index contributed by atoms with van der Waals surface area (Å²) < 4.78 is 5.70. The van der Waals surface area contributed by atoms with Crippen LogP contribution in [0.15, 0.2) is 24.3 Å². The number of carbonyl (C=O) groups excluding carboxylic acids is 2. The standard InChI is InChI=1S/C18H27N3O3/c1-3-13(2)20-17(22)10-11-19-18(23)21-15-8-6-12-24-16-9-5-4-7-14(15)16/h4-5,7,9,13,15H,3,6,8,10-12H2,1-2H3,(H,20,22)(H2,19,21,23)/t13-,15-/m1/s1. The monoisotopic (exact) mass is 333 g/mol. The van der Waals surface area contributed by atoms with Gasteiger partial charge in [0.05, 0.1) is 12.6 Å². The molecule has 1 aliphatic rings. The van der Waals surface area contributed by atoms with Gasteiger partial charge >= 0.3 is 6.03 Å². The molecule has 1 heterocycles. The van der Waals surface area contributed by atoms with Gasteiger partial charge < -0.3 is 20.7 Å². The number of carbonyl (C=O) groups is 2. The van der Waals surface area contributed by atoms with Crippen LogP contribution in [0, 0.1) is 0 Å². The second-order valence-corrected chi connectivity index (χ2v) is 6.11. The van der Waals surface area contributed by atoms with Crippen molar-refractivity contribution < 1.29 is 14.3 Å². The molecule has 0 bridgehead atoms. The summed E-state index contributed by atoms with van der Waals surface area (Å²) in [4.78, 5) is 23.8. The van der Waals surface area contributed by atoms with Crippen molar-refractivity contribution >= 4 is 11.9 Å². The van der Waals surface area contributed by atoms with Crippen LogP contribution in [0.1, 0.15) is 51.1 Å². The molecule has 1 aromatic carbocycles. The maximum absolute atomic E-state index is 12.1. The third-order valence-corrected chi connectivity index (χ3v) is 4.15. The molecule has 24 heavy (non-hydrogen) atoms. The molecule has 132 valence electrons. The van der Waals surface area contributed by atoms with Crippen LogP contribution in [0.2, 0.25) is 0 Å². The quantitative estimate of drug-likeness (QED) is 0.748. The molecule has 0 radical (unpaired) electrons. The molecular weight excluding hydrogens is 306 g/mol. The zero-order chi connectivity index (χ0) is 17.4. The number of hydrogen-bond donors (Lipinski definition) is 3. The maximum Gasteiger partial charge on any atom is 0.315 e. The third-order valence-electron chi connectivity index (χ3n) is 4.15. The van der Waals surface area contributed by atoms with E-state index in [-0.39, 0.29) is 30.4 Å². The molecule has 2 rings (SSSR count). The Kier molecular flexibility index (Phi) is 6.90. The van der Waals surface area contributed by atoms with Crippen LogP contribution in [-0.4, -0.2) is 31.1 Å². The molecule has 6 heteroatoms. The predicted molar refractivity (Wildman–Crippen MR) is 93.0 cm³/mol. The van der Waals surface area contributed by atoms with Crippen molar-refractivity contribution in [3.05, 3.63) is 29.8 Å². The van der Waals surface area contributed by atoms with Gasteiger partial charge in [0.15, 0.2) is 0 Å². The highest BCUT2D eigenvalue weighted by atomic mass is 16.5. The van der Waals surface area contributed by atoms with Gasteiger partial charge in [0, 0.05) is 24.6 Å². The second kappa shape index (κ2) is 9.15. The fourth-order valence-corrected chi connectivity index (χ4v) is 2.62. The van der Waals surface area contributed by atoms with E-state index in [0.717, 1.165) is 30.6 Å². The lowest BCUT2D eigenvalue weighted by Gasteiger charge is -2.18. The Morgan fingerprint density at radius 1 is 1.33 bits per heavy atom. The van der Waals surface area contributed by atoms with E-state index in [4.69, 9.17) is 4.74 Å². The molecule has 0 saturated heterocycles. The summed E-state index contributed by atoms with van der Waals surface area (Å²) in [6, 6.07) is 7.60. The molecule has 0 aliphatic carbocycles. The summed E-state index contributed by atoms with van der Waals surface area (Å²) >= 11 is 0. The lowest BCUT2D eigenvalue weighted by molar-refractivity contribution is -0.121. The Morgan fingerprint density at radius 3 is 2.92 bits per heavy atom. The molecule has 3 N–H and O–H groups in total. The molecular formula is C18H27N3O3. The number of nitrogens with one attached hydrogen (secondary N) is 3. The van der Waals surface area contributed by atoms with Gasteiger partial charge in [-0.2, -0.15) is 0 Å². The highest BCUT2D eigenvalue weighted by Gasteiger charge is 2.21. The first-order valence-electron chi connectivity index (χ1n) is 8.65. The Labute approximate surface area is 143 Å². The molecule has 0 aromatic heterocycles. The minimum absolute atomic E-state index is 0.0436. The highest BCUT2D eigenvalue weighted by molar-refractivity contribution is 5.78. The molecule has 0 spiro atoms. The van der Waals surface area contributed by atoms with Crippen LogP contribution >= 0.6 is 0 Å². The molecule has 2 atom stereocenters. The summed E-state index contributed by atoms with van der Waals surface area (Å²) in [5.74, 6) is 0.783. The van der Waals surface area contributed by atoms with Crippen LogP contribution in [0.25, 0.3) is 0 Å². The minimum Gasteiger partial charge on any atom is -0.493 e. The summed E-state index contributed by atoms with van der Waals surface area (Å²) in [6.45, 7) is 4.96. The van der Waals surface area contributed by atoms with Crippen molar-refractivity contribution in [2.45, 2.75) is 51.6 Å². The zero-order valence-electron chi connectivity index (χ0n) is 14.4. The average molecular weight is 333 g/mol. The van der Waals surface area contributed by atoms with E-state index in [1.165, 1.54) is 0 Å². The van der Waals surface area contributed by atoms with Crippen molar-refractivity contribution in [1.82, 2.24) is 16.0 Å². The van der Waals surface area contributed by atoms with E-state index in [2.05, 4.69) is 16.0 Å². The first-order chi connectivity index (χ1) is 11.6. The van der Waals surface area contributed by atoms with Crippen molar-refractivity contribution in [3.63, 3.8) is 0 Å². The third kappa shape index (κ3) is 5.44. The van der Waals surface area contributed by atoms with E-state index in [1.807, 2.05) is 38.1 Å². The lowest BCUT2D eigenvalue weighted by Crippen LogP contribution is -2.40. The smallest absolute Gasteiger partial charge is 0.315 e. The SMILES string of the molecule is CC[C@@H](C)NC(=O)CCNC(=O)N[C@@H]1CCCOc2ccccc21. The van der Waals surface area contributed by atoms with Crippen LogP contribution < -0.4 is 20.7 Å². The molecule has 0 saturated carbocycles. The lowest BCUT2D eigenvalue weighted by atomic mass is 10.0. The Bertz CT molecular complexity index is 562. The summed E-state index contributed by atoms with van der Waals surface area (Å²) in [5.41, 5.74) is 1.000. The van der Waals surface area contributed by atoms with Crippen LogP contribution in [-0.2, 0) is 4.79 Å². The van der Waals surface area contributed by atoms with Gasteiger partial charge in [-0.15, -0.1) is 0 Å². The van der Waals surface area contributed by atoms with Crippen LogP contribution in [0.3, 0.4) is 0 Å². The highest BCUT2D eigenvalue weighted by Crippen LogP contribution is 2.30. The van der Waals surface area contributed by atoms with E-state index >= 15 is 0 Å².